The zero-order valence-electron chi connectivity index (χ0n) is 9.38. The molecule has 0 aliphatic carbocycles. The summed E-state index contributed by atoms with van der Waals surface area (Å²) in [4.78, 5) is 4.81. The van der Waals surface area contributed by atoms with Crippen LogP contribution in [0.2, 0.25) is 0 Å². The van der Waals surface area contributed by atoms with E-state index in [1.165, 1.54) is 7.11 Å². The molecule has 2 aromatic rings. The van der Waals surface area contributed by atoms with Gasteiger partial charge in [0, 0.05) is 16.5 Å². The molecule has 0 radical (unpaired) electrons. The van der Waals surface area contributed by atoms with Gasteiger partial charge in [-0.05, 0) is 29.5 Å². The Kier molecular flexibility index (Phi) is 3.95. The molecule has 0 unspecified atom stereocenters. The molecule has 2 rings (SSSR count). The lowest BCUT2D eigenvalue weighted by molar-refractivity contribution is 0.214. The molecule has 0 amide bonds. The zero-order valence-corrected chi connectivity index (χ0v) is 10.2. The second-order valence-electron chi connectivity index (χ2n) is 3.25. The summed E-state index contributed by atoms with van der Waals surface area (Å²) in [5.74, 6) is 6.08. The third kappa shape index (κ3) is 3.20. The quantitative estimate of drug-likeness (QED) is 0.449. The van der Waals surface area contributed by atoms with Crippen LogP contribution in [0, 0.1) is 11.8 Å². The molecule has 0 saturated heterocycles. The number of hydrogen-bond acceptors (Lipinski definition) is 3. The molecule has 0 bridgehead atoms. The molecule has 1 aromatic heterocycles. The number of nitrogens with zero attached hydrogens (tertiary/aromatic N) is 1. The molecular weight excluding hydrogens is 230 g/mol. The molecule has 1 heterocycles. The van der Waals surface area contributed by atoms with Crippen LogP contribution in [0.25, 0.3) is 0 Å². The first-order valence-corrected chi connectivity index (χ1v) is 6.05. The van der Waals surface area contributed by atoms with E-state index in [4.69, 9.17) is 4.84 Å². The van der Waals surface area contributed by atoms with E-state index in [-0.39, 0.29) is 0 Å². The summed E-state index contributed by atoms with van der Waals surface area (Å²) in [7, 11) is 1.52. The number of rotatable bonds is 2. The molecule has 0 aliphatic heterocycles. The summed E-state index contributed by atoms with van der Waals surface area (Å²) in [5.41, 5.74) is 2.60. The minimum atomic E-state index is 0.651. The molecule has 17 heavy (non-hydrogen) atoms. The van der Waals surface area contributed by atoms with E-state index in [9.17, 15) is 0 Å². The van der Waals surface area contributed by atoms with Gasteiger partial charge in [0.25, 0.3) is 0 Å². The van der Waals surface area contributed by atoms with E-state index in [2.05, 4.69) is 17.0 Å². The highest BCUT2D eigenvalue weighted by Crippen LogP contribution is 2.07. The van der Waals surface area contributed by atoms with E-state index in [1.807, 2.05) is 47.2 Å². The fraction of sp³-hybridized carbons (Fsp3) is 0.0714. The van der Waals surface area contributed by atoms with Crippen LogP contribution in [-0.2, 0) is 4.84 Å². The fourth-order valence-corrected chi connectivity index (χ4v) is 1.93. The first-order chi connectivity index (χ1) is 8.40. The molecular formula is C14H11NOS. The second kappa shape index (κ2) is 5.88. The Labute approximate surface area is 105 Å². The second-order valence-corrected chi connectivity index (χ2v) is 4.03. The van der Waals surface area contributed by atoms with E-state index < -0.39 is 0 Å². The normalized spacial score (nSPS) is 10.5. The van der Waals surface area contributed by atoms with Crippen molar-refractivity contribution in [1.29, 1.82) is 0 Å². The highest BCUT2D eigenvalue weighted by atomic mass is 32.1. The van der Waals surface area contributed by atoms with Gasteiger partial charge in [0.05, 0.1) is 0 Å². The fourth-order valence-electron chi connectivity index (χ4n) is 1.29. The van der Waals surface area contributed by atoms with Gasteiger partial charge >= 0.3 is 0 Å². The molecule has 0 saturated carbocycles. The van der Waals surface area contributed by atoms with Crippen molar-refractivity contribution in [2.45, 2.75) is 0 Å². The summed E-state index contributed by atoms with van der Waals surface area (Å²) < 4.78 is 0. The Hall–Kier alpha value is -2.05. The first-order valence-electron chi connectivity index (χ1n) is 5.11. The first kappa shape index (κ1) is 11.4. The lowest BCUT2D eigenvalue weighted by Crippen LogP contribution is -1.96. The van der Waals surface area contributed by atoms with E-state index in [1.54, 1.807) is 11.3 Å². The largest absolute Gasteiger partial charge is 0.398 e. The Balaban J connectivity index is 2.27. The predicted molar refractivity (Wildman–Crippen MR) is 71.2 cm³/mol. The highest BCUT2D eigenvalue weighted by Gasteiger charge is 2.00. The maximum Gasteiger partial charge on any atom is 0.160 e. The Morgan fingerprint density at radius 2 is 2.06 bits per heavy atom. The van der Waals surface area contributed by atoms with Crippen LogP contribution in [0.15, 0.2) is 52.3 Å². The summed E-state index contributed by atoms with van der Waals surface area (Å²) >= 11 is 1.61. The number of hydrogen-bond donors (Lipinski definition) is 0. The smallest absolute Gasteiger partial charge is 0.160 e. The monoisotopic (exact) mass is 241 g/mol. The lowest BCUT2D eigenvalue weighted by atomic mass is 10.2. The number of oxime groups is 1. The van der Waals surface area contributed by atoms with Crippen molar-refractivity contribution in [3.05, 3.63) is 58.3 Å². The van der Waals surface area contributed by atoms with E-state index in [0.717, 1.165) is 11.1 Å². The van der Waals surface area contributed by atoms with Crippen molar-refractivity contribution in [3.8, 4) is 11.8 Å². The lowest BCUT2D eigenvalue weighted by Gasteiger charge is -1.93. The molecule has 84 valence electrons. The van der Waals surface area contributed by atoms with Crippen molar-refractivity contribution < 1.29 is 4.84 Å². The molecule has 0 aliphatic rings. The van der Waals surface area contributed by atoms with Gasteiger partial charge in [-0.25, -0.2) is 0 Å². The zero-order chi connectivity index (χ0) is 11.9. The third-order valence-electron chi connectivity index (χ3n) is 2.08. The number of benzene rings is 1. The van der Waals surface area contributed by atoms with Crippen LogP contribution in [0.5, 0.6) is 0 Å². The molecule has 3 heteroatoms. The van der Waals surface area contributed by atoms with Gasteiger partial charge in [-0.2, -0.15) is 11.3 Å². The van der Waals surface area contributed by atoms with Crippen molar-refractivity contribution >= 4 is 17.0 Å². The van der Waals surface area contributed by atoms with Gasteiger partial charge in [-0.3, -0.25) is 0 Å². The number of thiophene rings is 1. The Morgan fingerprint density at radius 3 is 2.71 bits per heavy atom. The van der Waals surface area contributed by atoms with Crippen LogP contribution >= 0.6 is 11.3 Å². The molecule has 0 N–H and O–H groups in total. The predicted octanol–water partition coefficient (Wildman–Crippen LogP) is 3.15. The average molecular weight is 241 g/mol. The summed E-state index contributed by atoms with van der Waals surface area (Å²) in [6, 6.07) is 11.8. The minimum absolute atomic E-state index is 0.651. The van der Waals surface area contributed by atoms with E-state index >= 15 is 0 Å². The Morgan fingerprint density at radius 1 is 1.24 bits per heavy atom. The third-order valence-corrected chi connectivity index (χ3v) is 2.76. The van der Waals surface area contributed by atoms with Crippen molar-refractivity contribution in [1.82, 2.24) is 0 Å². The van der Waals surface area contributed by atoms with E-state index in [0.29, 0.717) is 5.71 Å². The molecule has 0 spiro atoms. The summed E-state index contributed by atoms with van der Waals surface area (Å²) in [5, 5.41) is 7.92. The van der Waals surface area contributed by atoms with Crippen LogP contribution in [0.4, 0.5) is 0 Å². The molecule has 1 aromatic carbocycles. The maximum atomic E-state index is 4.81. The Bertz CT molecular complexity index is 547. The van der Waals surface area contributed by atoms with Crippen molar-refractivity contribution in [3.63, 3.8) is 0 Å². The SMILES string of the molecule is CON=C(C#Cc1ccccc1)c1ccsc1. The molecule has 2 nitrogen and oxygen atoms in total. The van der Waals surface area contributed by atoms with Gasteiger partial charge in [0.15, 0.2) is 5.71 Å². The summed E-state index contributed by atoms with van der Waals surface area (Å²) in [6.07, 6.45) is 0. The van der Waals surface area contributed by atoms with Crippen LogP contribution in [0.3, 0.4) is 0 Å². The minimum Gasteiger partial charge on any atom is -0.398 e. The van der Waals surface area contributed by atoms with Crippen LogP contribution in [-0.4, -0.2) is 12.8 Å². The average Bonchev–Trinajstić information content (AvgIpc) is 2.89. The summed E-state index contributed by atoms with van der Waals surface area (Å²) in [6.45, 7) is 0. The van der Waals surface area contributed by atoms with Gasteiger partial charge in [-0.1, -0.05) is 29.3 Å². The molecule has 0 atom stereocenters. The standard InChI is InChI=1S/C14H11NOS/c1-16-15-14(13-9-10-17-11-13)8-7-12-5-3-2-4-6-12/h2-6,9-11H,1H3. The van der Waals surface area contributed by atoms with Crippen LogP contribution < -0.4 is 0 Å². The van der Waals surface area contributed by atoms with Gasteiger partial charge < -0.3 is 4.84 Å². The van der Waals surface area contributed by atoms with Gasteiger partial charge in [-0.15, -0.1) is 0 Å². The van der Waals surface area contributed by atoms with Gasteiger partial charge in [0.2, 0.25) is 0 Å². The van der Waals surface area contributed by atoms with Crippen molar-refractivity contribution in [2.75, 3.05) is 7.11 Å². The van der Waals surface area contributed by atoms with Crippen LogP contribution in [0.1, 0.15) is 11.1 Å². The maximum absolute atomic E-state index is 4.81. The van der Waals surface area contributed by atoms with Crippen molar-refractivity contribution in [2.24, 2.45) is 5.16 Å². The highest BCUT2D eigenvalue weighted by molar-refractivity contribution is 7.08. The van der Waals surface area contributed by atoms with Gasteiger partial charge in [0.1, 0.15) is 7.11 Å². The topological polar surface area (TPSA) is 21.6 Å². The molecule has 0 fully saturated rings.